The van der Waals surface area contributed by atoms with Crippen molar-refractivity contribution in [1.29, 1.82) is 0 Å². The molecule has 92 valence electrons. The fourth-order valence-electron chi connectivity index (χ4n) is 2.10. The summed E-state index contributed by atoms with van der Waals surface area (Å²) in [6, 6.07) is 0. The highest BCUT2D eigenvalue weighted by Gasteiger charge is 2.24. The van der Waals surface area contributed by atoms with E-state index in [0.29, 0.717) is 5.41 Å². The van der Waals surface area contributed by atoms with E-state index in [2.05, 4.69) is 46.9 Å². The van der Waals surface area contributed by atoms with Gasteiger partial charge in [-0.25, -0.2) is 0 Å². The molecular weight excluding hydrogens is 186 g/mol. The van der Waals surface area contributed by atoms with Crippen molar-refractivity contribution in [2.45, 2.75) is 59.9 Å². The Morgan fingerprint density at radius 3 is 2.07 bits per heavy atom. The maximum atomic E-state index is 5.45. The van der Waals surface area contributed by atoms with E-state index in [0.717, 1.165) is 26.2 Å². The Morgan fingerprint density at radius 2 is 1.60 bits per heavy atom. The number of nitrogens with one attached hydrogen (secondary N) is 1. The molecule has 0 aromatic heterocycles. The van der Waals surface area contributed by atoms with Crippen molar-refractivity contribution in [1.82, 2.24) is 5.32 Å². The van der Waals surface area contributed by atoms with Gasteiger partial charge in [0.2, 0.25) is 0 Å². The summed E-state index contributed by atoms with van der Waals surface area (Å²) in [5, 5.41) is 3.55. The van der Waals surface area contributed by atoms with Crippen molar-refractivity contribution < 1.29 is 4.74 Å². The summed E-state index contributed by atoms with van der Waals surface area (Å²) in [6.45, 7) is 16.1. The molecule has 0 aliphatic carbocycles. The minimum atomic E-state index is 0.202. The normalized spacial score (nSPS) is 13.2. The van der Waals surface area contributed by atoms with Gasteiger partial charge >= 0.3 is 0 Å². The van der Waals surface area contributed by atoms with E-state index in [1.165, 1.54) is 6.42 Å². The van der Waals surface area contributed by atoms with Crippen LogP contribution in [0.4, 0.5) is 0 Å². The molecule has 0 aromatic rings. The Labute approximate surface area is 95.8 Å². The molecule has 0 saturated heterocycles. The molecule has 0 amide bonds. The summed E-state index contributed by atoms with van der Waals surface area (Å²) in [4.78, 5) is 0. The third-order valence-electron chi connectivity index (χ3n) is 2.17. The third kappa shape index (κ3) is 10.2. The van der Waals surface area contributed by atoms with Gasteiger partial charge < -0.3 is 10.1 Å². The summed E-state index contributed by atoms with van der Waals surface area (Å²) < 4.78 is 5.45. The zero-order valence-corrected chi connectivity index (χ0v) is 11.4. The summed E-state index contributed by atoms with van der Waals surface area (Å²) >= 11 is 0. The highest BCUT2D eigenvalue weighted by Crippen LogP contribution is 2.26. The van der Waals surface area contributed by atoms with E-state index < -0.39 is 0 Å². The fourth-order valence-corrected chi connectivity index (χ4v) is 2.10. The molecule has 0 heterocycles. The highest BCUT2D eigenvalue weighted by atomic mass is 16.5. The molecule has 15 heavy (non-hydrogen) atoms. The van der Waals surface area contributed by atoms with Crippen LogP contribution in [0.5, 0.6) is 0 Å². The van der Waals surface area contributed by atoms with Crippen molar-refractivity contribution in [2.24, 2.45) is 5.41 Å². The summed E-state index contributed by atoms with van der Waals surface area (Å²) in [5.41, 5.74) is 0.578. The molecular formula is C13H29NO. The zero-order valence-electron chi connectivity index (χ0n) is 11.4. The minimum Gasteiger partial charge on any atom is -0.380 e. The molecule has 2 nitrogen and oxygen atoms in total. The van der Waals surface area contributed by atoms with Gasteiger partial charge in [-0.3, -0.25) is 0 Å². The first kappa shape index (κ1) is 14.9. The molecule has 2 heteroatoms. The van der Waals surface area contributed by atoms with Gasteiger partial charge in [0, 0.05) is 18.7 Å². The van der Waals surface area contributed by atoms with Crippen LogP contribution in [-0.4, -0.2) is 25.3 Å². The first-order chi connectivity index (χ1) is 6.77. The Hall–Kier alpha value is -0.0800. The SMILES string of the molecule is CCCOCCNC(C)(C)CC(C)(C)C. The molecule has 0 rings (SSSR count). The van der Waals surface area contributed by atoms with E-state index in [1.807, 2.05) is 0 Å². The quantitative estimate of drug-likeness (QED) is 0.658. The van der Waals surface area contributed by atoms with Crippen molar-refractivity contribution in [2.75, 3.05) is 19.8 Å². The van der Waals surface area contributed by atoms with Gasteiger partial charge in [0.1, 0.15) is 0 Å². The Balaban J connectivity index is 3.65. The van der Waals surface area contributed by atoms with Crippen molar-refractivity contribution in [3.8, 4) is 0 Å². The fraction of sp³-hybridized carbons (Fsp3) is 1.00. The lowest BCUT2D eigenvalue weighted by molar-refractivity contribution is 0.125. The predicted molar refractivity (Wildman–Crippen MR) is 67.3 cm³/mol. The lowest BCUT2D eigenvalue weighted by Crippen LogP contribution is -2.43. The van der Waals surface area contributed by atoms with Gasteiger partial charge in [0.25, 0.3) is 0 Å². The van der Waals surface area contributed by atoms with E-state index in [-0.39, 0.29) is 5.54 Å². The summed E-state index contributed by atoms with van der Waals surface area (Å²) in [5.74, 6) is 0. The minimum absolute atomic E-state index is 0.202. The van der Waals surface area contributed by atoms with E-state index in [4.69, 9.17) is 4.74 Å². The molecule has 0 fully saturated rings. The second-order valence-corrected chi connectivity index (χ2v) is 6.16. The molecule has 1 N–H and O–H groups in total. The van der Waals surface area contributed by atoms with Gasteiger partial charge in [0.15, 0.2) is 0 Å². The molecule has 0 unspecified atom stereocenters. The van der Waals surface area contributed by atoms with Crippen LogP contribution in [0, 0.1) is 5.41 Å². The van der Waals surface area contributed by atoms with E-state index >= 15 is 0 Å². The van der Waals surface area contributed by atoms with Crippen LogP contribution in [0.2, 0.25) is 0 Å². The number of rotatable bonds is 7. The van der Waals surface area contributed by atoms with Crippen molar-refractivity contribution in [3.05, 3.63) is 0 Å². The van der Waals surface area contributed by atoms with Crippen LogP contribution in [0.1, 0.15) is 54.4 Å². The second kappa shape index (κ2) is 6.49. The standard InChI is InChI=1S/C13H29NO/c1-7-9-15-10-8-14-13(5,6)11-12(2,3)4/h14H,7-11H2,1-6H3. The average molecular weight is 215 g/mol. The van der Waals surface area contributed by atoms with E-state index in [9.17, 15) is 0 Å². The van der Waals surface area contributed by atoms with Crippen molar-refractivity contribution in [3.63, 3.8) is 0 Å². The lowest BCUT2D eigenvalue weighted by Gasteiger charge is -2.33. The predicted octanol–water partition coefficient (Wildman–Crippen LogP) is 3.22. The summed E-state index contributed by atoms with van der Waals surface area (Å²) in [6.07, 6.45) is 2.28. The van der Waals surface area contributed by atoms with Gasteiger partial charge in [-0.1, -0.05) is 27.7 Å². The van der Waals surface area contributed by atoms with Crippen LogP contribution in [0.15, 0.2) is 0 Å². The van der Waals surface area contributed by atoms with Gasteiger partial charge in [-0.05, 0) is 32.1 Å². The molecule has 0 radical (unpaired) electrons. The van der Waals surface area contributed by atoms with Gasteiger partial charge in [-0.2, -0.15) is 0 Å². The Morgan fingerprint density at radius 1 is 1.00 bits per heavy atom. The third-order valence-corrected chi connectivity index (χ3v) is 2.17. The molecule has 0 spiro atoms. The Bertz CT molecular complexity index is 158. The van der Waals surface area contributed by atoms with Crippen LogP contribution in [-0.2, 0) is 4.74 Å². The van der Waals surface area contributed by atoms with Crippen molar-refractivity contribution >= 4 is 0 Å². The lowest BCUT2D eigenvalue weighted by atomic mass is 9.82. The Kier molecular flexibility index (Phi) is 6.46. The number of hydrogen-bond donors (Lipinski definition) is 1. The van der Waals surface area contributed by atoms with Crippen LogP contribution in [0.3, 0.4) is 0 Å². The van der Waals surface area contributed by atoms with Gasteiger partial charge in [-0.15, -0.1) is 0 Å². The monoisotopic (exact) mass is 215 g/mol. The van der Waals surface area contributed by atoms with Gasteiger partial charge in [0.05, 0.1) is 6.61 Å². The molecule has 0 bridgehead atoms. The molecule has 0 aliphatic rings. The number of ether oxygens (including phenoxy) is 1. The van der Waals surface area contributed by atoms with Crippen LogP contribution in [0.25, 0.3) is 0 Å². The second-order valence-electron chi connectivity index (χ2n) is 6.16. The smallest absolute Gasteiger partial charge is 0.0591 e. The maximum Gasteiger partial charge on any atom is 0.0591 e. The summed E-state index contributed by atoms with van der Waals surface area (Å²) in [7, 11) is 0. The van der Waals surface area contributed by atoms with Crippen LogP contribution >= 0.6 is 0 Å². The molecule has 0 aromatic carbocycles. The molecule has 0 aliphatic heterocycles. The molecule has 0 atom stereocenters. The highest BCUT2D eigenvalue weighted by molar-refractivity contribution is 4.82. The topological polar surface area (TPSA) is 21.3 Å². The number of hydrogen-bond acceptors (Lipinski definition) is 2. The van der Waals surface area contributed by atoms with E-state index in [1.54, 1.807) is 0 Å². The molecule has 0 saturated carbocycles. The van der Waals surface area contributed by atoms with Crippen LogP contribution < -0.4 is 5.32 Å². The average Bonchev–Trinajstić information content (AvgIpc) is 1.99. The zero-order chi connectivity index (χ0) is 11.9. The first-order valence-electron chi connectivity index (χ1n) is 6.10. The first-order valence-corrected chi connectivity index (χ1v) is 6.10. The largest absolute Gasteiger partial charge is 0.380 e. The maximum absolute atomic E-state index is 5.45.